The number of nitrogens with zero attached hydrogens (tertiary/aromatic N) is 1. The molecule has 116 valence electrons. The molecule has 0 atom stereocenters. The van der Waals surface area contributed by atoms with Crippen molar-refractivity contribution >= 4 is 35.1 Å². The minimum atomic E-state index is -0.608. The summed E-state index contributed by atoms with van der Waals surface area (Å²) in [7, 11) is 1.23. The van der Waals surface area contributed by atoms with Crippen molar-refractivity contribution in [3.8, 4) is 0 Å². The lowest BCUT2D eigenvalue weighted by molar-refractivity contribution is -0.137. The van der Waals surface area contributed by atoms with E-state index in [0.29, 0.717) is 5.02 Å². The number of nitrogens with one attached hydrogen (secondary N) is 1. The Kier molecular flexibility index (Phi) is 4.79. The van der Waals surface area contributed by atoms with Crippen molar-refractivity contribution in [3.63, 3.8) is 0 Å². The molecule has 0 unspecified atom stereocenters. The van der Waals surface area contributed by atoms with Crippen LogP contribution >= 0.6 is 11.6 Å². The van der Waals surface area contributed by atoms with Crippen LogP contribution in [0.5, 0.6) is 0 Å². The first kappa shape index (κ1) is 16.0. The highest BCUT2D eigenvalue weighted by atomic mass is 35.5. The SMILES string of the molecule is COC(=O)c1ccc(Cl)cc1NC1=CC(=O)N(CCO)C1=O. The molecular formula is C14H13ClN2O5. The fraction of sp³-hybridized carbons (Fsp3) is 0.214. The van der Waals surface area contributed by atoms with Crippen LogP contribution in [0.1, 0.15) is 10.4 Å². The number of hydrogen-bond acceptors (Lipinski definition) is 6. The van der Waals surface area contributed by atoms with Crippen LogP contribution in [0.3, 0.4) is 0 Å². The zero-order valence-electron chi connectivity index (χ0n) is 11.6. The van der Waals surface area contributed by atoms with Crippen molar-refractivity contribution in [2.75, 3.05) is 25.6 Å². The largest absolute Gasteiger partial charge is 0.465 e. The van der Waals surface area contributed by atoms with Gasteiger partial charge < -0.3 is 15.2 Å². The molecule has 1 aliphatic rings. The van der Waals surface area contributed by atoms with E-state index in [1.807, 2.05) is 0 Å². The topological polar surface area (TPSA) is 95.9 Å². The van der Waals surface area contributed by atoms with E-state index in [9.17, 15) is 14.4 Å². The van der Waals surface area contributed by atoms with Crippen LogP contribution in [-0.2, 0) is 14.3 Å². The number of halogens is 1. The number of benzene rings is 1. The second-order valence-electron chi connectivity index (χ2n) is 4.38. The van der Waals surface area contributed by atoms with E-state index >= 15 is 0 Å². The molecule has 0 aromatic heterocycles. The number of β-amino-alcohol motifs (C(OH)–C–C–N with tert-alkyl or cyclic N) is 1. The smallest absolute Gasteiger partial charge is 0.339 e. The van der Waals surface area contributed by atoms with Crippen molar-refractivity contribution in [2.45, 2.75) is 0 Å². The molecule has 0 saturated heterocycles. The number of esters is 1. The van der Waals surface area contributed by atoms with Gasteiger partial charge in [-0.3, -0.25) is 14.5 Å². The molecule has 2 rings (SSSR count). The van der Waals surface area contributed by atoms with Gasteiger partial charge in [0, 0.05) is 11.1 Å². The lowest BCUT2D eigenvalue weighted by Crippen LogP contribution is -2.34. The van der Waals surface area contributed by atoms with Gasteiger partial charge in [-0.1, -0.05) is 11.6 Å². The number of rotatable bonds is 5. The summed E-state index contributed by atoms with van der Waals surface area (Å²) in [5.41, 5.74) is 0.414. The molecule has 0 spiro atoms. The molecule has 1 aliphatic heterocycles. The van der Waals surface area contributed by atoms with Gasteiger partial charge in [-0.2, -0.15) is 0 Å². The van der Waals surface area contributed by atoms with Crippen LogP contribution in [0.25, 0.3) is 0 Å². The third-order valence-electron chi connectivity index (χ3n) is 2.99. The van der Waals surface area contributed by atoms with Gasteiger partial charge in [0.15, 0.2) is 0 Å². The molecule has 0 bridgehead atoms. The Morgan fingerprint density at radius 1 is 1.41 bits per heavy atom. The number of methoxy groups -OCH3 is 1. The minimum absolute atomic E-state index is 0.00845. The first-order valence-corrected chi connectivity index (χ1v) is 6.69. The Labute approximate surface area is 131 Å². The third-order valence-corrected chi connectivity index (χ3v) is 3.22. The predicted octanol–water partition coefficient (Wildman–Crippen LogP) is 0.783. The zero-order valence-corrected chi connectivity index (χ0v) is 12.4. The lowest BCUT2D eigenvalue weighted by Gasteiger charge is -2.14. The molecule has 0 saturated carbocycles. The average molecular weight is 325 g/mol. The molecule has 7 nitrogen and oxygen atoms in total. The van der Waals surface area contributed by atoms with Crippen LogP contribution in [-0.4, -0.2) is 48.1 Å². The first-order valence-electron chi connectivity index (χ1n) is 6.31. The van der Waals surface area contributed by atoms with E-state index in [-0.39, 0.29) is 30.1 Å². The number of carbonyl (C=O) groups is 3. The number of amides is 2. The number of imide groups is 1. The van der Waals surface area contributed by atoms with Gasteiger partial charge in [-0.25, -0.2) is 4.79 Å². The van der Waals surface area contributed by atoms with Crippen molar-refractivity contribution in [1.29, 1.82) is 0 Å². The maximum atomic E-state index is 12.1. The third kappa shape index (κ3) is 3.10. The quantitative estimate of drug-likeness (QED) is 0.614. The van der Waals surface area contributed by atoms with Crippen molar-refractivity contribution in [3.05, 3.63) is 40.6 Å². The van der Waals surface area contributed by atoms with E-state index in [1.54, 1.807) is 0 Å². The molecule has 0 radical (unpaired) electrons. The fourth-order valence-corrected chi connectivity index (χ4v) is 2.13. The Bertz CT molecular complexity index is 671. The monoisotopic (exact) mass is 324 g/mol. The standard InChI is InChI=1S/C14H13ClN2O5/c1-22-14(21)9-3-2-8(15)6-10(9)16-11-7-12(19)17(4-5-18)13(11)20/h2-3,6-7,16,18H,4-5H2,1H3. The number of carbonyl (C=O) groups excluding carboxylic acids is 3. The molecule has 22 heavy (non-hydrogen) atoms. The summed E-state index contributed by atoms with van der Waals surface area (Å²) >= 11 is 5.89. The summed E-state index contributed by atoms with van der Waals surface area (Å²) in [5, 5.41) is 11.9. The summed E-state index contributed by atoms with van der Waals surface area (Å²) in [6.45, 7) is -0.429. The van der Waals surface area contributed by atoms with Crippen molar-refractivity contribution in [2.24, 2.45) is 0 Å². The Morgan fingerprint density at radius 2 is 2.14 bits per heavy atom. The second-order valence-corrected chi connectivity index (χ2v) is 4.82. The Hall–Kier alpha value is -2.38. The highest BCUT2D eigenvalue weighted by Crippen LogP contribution is 2.25. The highest BCUT2D eigenvalue weighted by molar-refractivity contribution is 6.31. The fourth-order valence-electron chi connectivity index (χ4n) is 1.96. The van der Waals surface area contributed by atoms with E-state index in [2.05, 4.69) is 10.1 Å². The molecule has 0 aliphatic carbocycles. The molecule has 2 amide bonds. The van der Waals surface area contributed by atoms with Crippen LogP contribution in [0.15, 0.2) is 30.0 Å². The van der Waals surface area contributed by atoms with Gasteiger partial charge in [0.05, 0.1) is 31.5 Å². The van der Waals surface area contributed by atoms with Gasteiger partial charge >= 0.3 is 5.97 Å². The first-order chi connectivity index (χ1) is 10.5. The summed E-state index contributed by atoms with van der Waals surface area (Å²) in [6.07, 6.45) is 1.10. The maximum Gasteiger partial charge on any atom is 0.339 e. The van der Waals surface area contributed by atoms with Gasteiger partial charge in [0.1, 0.15) is 5.70 Å². The summed E-state index contributed by atoms with van der Waals surface area (Å²) < 4.78 is 4.65. The Morgan fingerprint density at radius 3 is 2.77 bits per heavy atom. The number of aliphatic hydroxyl groups excluding tert-OH is 1. The molecule has 2 N–H and O–H groups in total. The van der Waals surface area contributed by atoms with E-state index < -0.39 is 17.8 Å². The molecule has 0 fully saturated rings. The number of hydrogen-bond donors (Lipinski definition) is 2. The van der Waals surface area contributed by atoms with E-state index in [1.165, 1.54) is 25.3 Å². The van der Waals surface area contributed by atoms with Crippen molar-refractivity contribution < 1.29 is 24.2 Å². The summed E-state index contributed by atoms with van der Waals surface area (Å²) in [4.78, 5) is 36.3. The van der Waals surface area contributed by atoms with Crippen LogP contribution < -0.4 is 5.32 Å². The molecule has 1 aromatic rings. The molecule has 1 heterocycles. The number of aliphatic hydroxyl groups is 1. The van der Waals surface area contributed by atoms with Crippen LogP contribution in [0.4, 0.5) is 5.69 Å². The van der Waals surface area contributed by atoms with E-state index in [4.69, 9.17) is 16.7 Å². The van der Waals surface area contributed by atoms with Crippen molar-refractivity contribution in [1.82, 2.24) is 4.90 Å². The van der Waals surface area contributed by atoms with Gasteiger partial charge in [0.2, 0.25) is 0 Å². The van der Waals surface area contributed by atoms with E-state index in [0.717, 1.165) is 11.0 Å². The number of anilines is 1. The highest BCUT2D eigenvalue weighted by Gasteiger charge is 2.31. The van der Waals surface area contributed by atoms with Gasteiger partial charge in [-0.05, 0) is 18.2 Å². The molecule has 1 aromatic carbocycles. The zero-order chi connectivity index (χ0) is 16.3. The minimum Gasteiger partial charge on any atom is -0.465 e. The summed E-state index contributed by atoms with van der Waals surface area (Å²) in [6, 6.07) is 4.40. The Balaban J connectivity index is 2.30. The maximum absolute atomic E-state index is 12.1. The molecular weight excluding hydrogens is 312 g/mol. The average Bonchev–Trinajstić information content (AvgIpc) is 2.75. The van der Waals surface area contributed by atoms with Crippen LogP contribution in [0.2, 0.25) is 5.02 Å². The van der Waals surface area contributed by atoms with Gasteiger partial charge in [0.25, 0.3) is 11.8 Å². The number of ether oxygens (including phenoxy) is 1. The van der Waals surface area contributed by atoms with Crippen LogP contribution in [0, 0.1) is 0 Å². The van der Waals surface area contributed by atoms with Gasteiger partial charge in [-0.15, -0.1) is 0 Å². The second kappa shape index (κ2) is 6.59. The lowest BCUT2D eigenvalue weighted by atomic mass is 10.1. The normalized spacial score (nSPS) is 14.1. The summed E-state index contributed by atoms with van der Waals surface area (Å²) in [5.74, 6) is -1.73. The predicted molar refractivity (Wildman–Crippen MR) is 78.3 cm³/mol. The molecule has 8 heteroatoms.